The molecule has 3 aromatic rings. The third-order valence-electron chi connectivity index (χ3n) is 7.38. The van der Waals surface area contributed by atoms with E-state index in [1.165, 1.54) is 24.1 Å². The summed E-state index contributed by atoms with van der Waals surface area (Å²) in [4.78, 5) is 58.1. The molecule has 0 spiro atoms. The van der Waals surface area contributed by atoms with Crippen molar-refractivity contribution in [2.45, 2.75) is 24.5 Å². The van der Waals surface area contributed by atoms with E-state index < -0.39 is 36.0 Å². The van der Waals surface area contributed by atoms with Gasteiger partial charge < -0.3 is 14.3 Å². The zero-order valence-corrected chi connectivity index (χ0v) is 20.5. The number of amides is 3. The van der Waals surface area contributed by atoms with Crippen molar-refractivity contribution in [2.24, 2.45) is 0 Å². The molecule has 9 heteroatoms. The zero-order valence-electron chi connectivity index (χ0n) is 20.5. The SMILES string of the molecule is CO[C@@H]1C[C@H](C(=O)ON2C(=O)c3ccccc3C2=O)N(C(=O)OCC2c3ccccc3-c3ccccc32)C1. The van der Waals surface area contributed by atoms with E-state index in [-0.39, 0.29) is 36.6 Å². The van der Waals surface area contributed by atoms with Crippen LogP contribution in [-0.4, -0.2) is 66.2 Å². The highest BCUT2D eigenvalue weighted by molar-refractivity contribution is 6.21. The van der Waals surface area contributed by atoms with Crippen LogP contribution in [0.1, 0.15) is 44.2 Å². The Labute approximate surface area is 218 Å². The van der Waals surface area contributed by atoms with Gasteiger partial charge in [-0.3, -0.25) is 14.5 Å². The van der Waals surface area contributed by atoms with E-state index in [2.05, 4.69) is 0 Å². The number of hydrogen-bond acceptors (Lipinski definition) is 7. The van der Waals surface area contributed by atoms with E-state index in [4.69, 9.17) is 14.3 Å². The standard InChI is InChI=1S/C29H24N2O7/c1-36-17-14-25(28(34)38-31-26(32)22-12-6-7-13-23(22)27(31)33)30(15-17)29(35)37-16-24-20-10-4-2-8-18(20)19-9-3-5-11-21(19)24/h2-13,17,24-25H,14-16H2,1H3/t17-,25-/m1/s1. The summed E-state index contributed by atoms with van der Waals surface area (Å²) in [6.07, 6.45) is -0.992. The number of rotatable bonds is 5. The van der Waals surface area contributed by atoms with Crippen molar-refractivity contribution in [3.63, 3.8) is 0 Å². The van der Waals surface area contributed by atoms with Gasteiger partial charge in [-0.15, -0.1) is 0 Å². The molecule has 0 aromatic heterocycles. The second-order valence-corrected chi connectivity index (χ2v) is 9.43. The molecule has 0 unspecified atom stereocenters. The zero-order chi connectivity index (χ0) is 26.4. The largest absolute Gasteiger partial charge is 0.448 e. The fourth-order valence-corrected chi connectivity index (χ4v) is 5.47. The number of hydrogen-bond donors (Lipinski definition) is 0. The van der Waals surface area contributed by atoms with Crippen molar-refractivity contribution >= 4 is 23.9 Å². The van der Waals surface area contributed by atoms with E-state index in [9.17, 15) is 19.2 Å². The van der Waals surface area contributed by atoms with Gasteiger partial charge in [-0.25, -0.2) is 9.59 Å². The Morgan fingerprint density at radius 2 is 1.34 bits per heavy atom. The highest BCUT2D eigenvalue weighted by Gasteiger charge is 2.46. The van der Waals surface area contributed by atoms with Gasteiger partial charge >= 0.3 is 12.1 Å². The minimum absolute atomic E-state index is 0.0845. The predicted molar refractivity (Wildman–Crippen MR) is 134 cm³/mol. The summed E-state index contributed by atoms with van der Waals surface area (Å²) in [7, 11) is 1.48. The van der Waals surface area contributed by atoms with Crippen molar-refractivity contribution in [1.29, 1.82) is 0 Å². The molecular weight excluding hydrogens is 488 g/mol. The molecule has 2 aliphatic heterocycles. The summed E-state index contributed by atoms with van der Waals surface area (Å²) >= 11 is 0. The molecule has 0 saturated carbocycles. The Balaban J connectivity index is 1.17. The van der Waals surface area contributed by atoms with Crippen LogP contribution in [0.25, 0.3) is 11.1 Å². The van der Waals surface area contributed by atoms with Gasteiger partial charge in [0.25, 0.3) is 11.8 Å². The molecule has 38 heavy (non-hydrogen) atoms. The van der Waals surface area contributed by atoms with Crippen LogP contribution in [0.3, 0.4) is 0 Å². The van der Waals surface area contributed by atoms with Crippen LogP contribution in [0.15, 0.2) is 72.8 Å². The molecule has 0 radical (unpaired) electrons. The van der Waals surface area contributed by atoms with Crippen LogP contribution in [-0.2, 0) is 19.1 Å². The van der Waals surface area contributed by atoms with E-state index >= 15 is 0 Å². The lowest BCUT2D eigenvalue weighted by molar-refractivity contribution is -0.173. The summed E-state index contributed by atoms with van der Waals surface area (Å²) < 4.78 is 11.1. The van der Waals surface area contributed by atoms with Gasteiger partial charge in [0.2, 0.25) is 0 Å². The van der Waals surface area contributed by atoms with Gasteiger partial charge in [-0.1, -0.05) is 65.7 Å². The van der Waals surface area contributed by atoms with Crippen molar-refractivity contribution in [3.8, 4) is 11.1 Å². The fraction of sp³-hybridized carbons (Fsp3) is 0.241. The van der Waals surface area contributed by atoms with Crippen LogP contribution in [0.4, 0.5) is 4.79 Å². The maximum Gasteiger partial charge on any atom is 0.410 e. The first kappa shape index (κ1) is 23.9. The molecule has 9 nitrogen and oxygen atoms in total. The number of methoxy groups -OCH3 is 1. The molecule has 3 aromatic carbocycles. The smallest absolute Gasteiger partial charge is 0.410 e. The number of ether oxygens (including phenoxy) is 2. The average molecular weight is 513 g/mol. The van der Waals surface area contributed by atoms with Crippen LogP contribution >= 0.6 is 0 Å². The minimum atomic E-state index is -1.08. The summed E-state index contributed by atoms with van der Waals surface area (Å²) in [6.45, 7) is 0.191. The topological polar surface area (TPSA) is 102 Å². The maximum atomic E-state index is 13.2. The molecule has 2 atom stereocenters. The van der Waals surface area contributed by atoms with Crippen molar-refractivity contribution in [2.75, 3.05) is 20.3 Å². The maximum absolute atomic E-state index is 13.2. The molecule has 2 heterocycles. The van der Waals surface area contributed by atoms with Gasteiger partial charge in [-0.05, 0) is 34.4 Å². The Kier molecular flexibility index (Phi) is 5.92. The Morgan fingerprint density at radius 1 is 0.816 bits per heavy atom. The first-order valence-electron chi connectivity index (χ1n) is 12.3. The Bertz CT molecular complexity index is 1390. The van der Waals surface area contributed by atoms with E-state index in [0.717, 1.165) is 22.3 Å². The highest BCUT2D eigenvalue weighted by atomic mass is 16.7. The lowest BCUT2D eigenvalue weighted by Gasteiger charge is -2.24. The molecule has 1 saturated heterocycles. The number of fused-ring (bicyclic) bond motifs is 4. The number of imide groups is 1. The minimum Gasteiger partial charge on any atom is -0.448 e. The third kappa shape index (κ3) is 3.83. The molecule has 0 N–H and O–H groups in total. The van der Waals surface area contributed by atoms with Crippen LogP contribution in [0.5, 0.6) is 0 Å². The average Bonchev–Trinajstić information content (AvgIpc) is 3.60. The first-order valence-corrected chi connectivity index (χ1v) is 12.3. The van der Waals surface area contributed by atoms with E-state index in [1.807, 2.05) is 48.5 Å². The molecule has 0 bridgehead atoms. The molecule has 3 amide bonds. The number of carbonyl (C=O) groups is 4. The van der Waals surface area contributed by atoms with Crippen molar-refractivity contribution < 1.29 is 33.5 Å². The molecule has 6 rings (SSSR count). The van der Waals surface area contributed by atoms with Crippen molar-refractivity contribution in [3.05, 3.63) is 95.1 Å². The van der Waals surface area contributed by atoms with Gasteiger partial charge in [0.05, 0.1) is 23.8 Å². The monoisotopic (exact) mass is 512 g/mol. The quantitative estimate of drug-likeness (QED) is 0.480. The molecule has 1 fully saturated rings. The number of benzene rings is 3. The highest BCUT2D eigenvalue weighted by Crippen LogP contribution is 2.44. The van der Waals surface area contributed by atoms with Gasteiger partial charge in [0.15, 0.2) is 0 Å². The Morgan fingerprint density at radius 3 is 1.89 bits per heavy atom. The Hall–Kier alpha value is -4.50. The van der Waals surface area contributed by atoms with Crippen LogP contribution in [0, 0.1) is 0 Å². The van der Waals surface area contributed by atoms with Gasteiger partial charge in [-0.2, -0.15) is 0 Å². The lowest BCUT2D eigenvalue weighted by Crippen LogP contribution is -2.45. The lowest BCUT2D eigenvalue weighted by atomic mass is 9.98. The summed E-state index contributed by atoms with van der Waals surface area (Å²) in [6, 6.07) is 21.1. The second kappa shape index (κ2) is 9.42. The molecule has 192 valence electrons. The van der Waals surface area contributed by atoms with E-state index in [1.54, 1.807) is 12.1 Å². The summed E-state index contributed by atoms with van der Waals surface area (Å²) in [5.74, 6) is -2.51. The second-order valence-electron chi connectivity index (χ2n) is 9.43. The number of hydroxylamine groups is 2. The molecular formula is C29H24N2O7. The third-order valence-corrected chi connectivity index (χ3v) is 7.38. The fourth-order valence-electron chi connectivity index (χ4n) is 5.47. The van der Waals surface area contributed by atoms with Gasteiger partial charge in [0, 0.05) is 19.4 Å². The van der Waals surface area contributed by atoms with Crippen molar-refractivity contribution in [1.82, 2.24) is 9.96 Å². The normalized spacial score (nSPS) is 19.8. The molecule has 3 aliphatic rings. The molecule has 1 aliphatic carbocycles. The first-order chi connectivity index (χ1) is 18.5. The summed E-state index contributed by atoms with van der Waals surface area (Å²) in [5.41, 5.74) is 4.65. The number of nitrogens with zero attached hydrogens (tertiary/aromatic N) is 2. The summed E-state index contributed by atoms with van der Waals surface area (Å²) in [5, 5.41) is 0.447. The van der Waals surface area contributed by atoms with Crippen LogP contribution in [0.2, 0.25) is 0 Å². The van der Waals surface area contributed by atoms with E-state index in [0.29, 0.717) is 5.06 Å². The number of likely N-dealkylation sites (tertiary alicyclic amines) is 1. The van der Waals surface area contributed by atoms with Gasteiger partial charge in [0.1, 0.15) is 12.6 Å². The van der Waals surface area contributed by atoms with Crippen LogP contribution < -0.4 is 0 Å². The number of carbonyl (C=O) groups excluding carboxylic acids is 4. The predicted octanol–water partition coefficient (Wildman–Crippen LogP) is 3.78.